The first-order chi connectivity index (χ1) is 13.6. The molecular weight excluding hydrogens is 364 g/mol. The molecule has 0 radical (unpaired) electrons. The zero-order chi connectivity index (χ0) is 20.1. The van der Waals surface area contributed by atoms with E-state index >= 15 is 0 Å². The van der Waals surface area contributed by atoms with E-state index in [4.69, 9.17) is 24.1 Å². The van der Waals surface area contributed by atoms with E-state index in [9.17, 15) is 4.79 Å². The highest BCUT2D eigenvalue weighted by atomic mass is 16.5. The van der Waals surface area contributed by atoms with Gasteiger partial charge in [-0.2, -0.15) is 0 Å². The number of ether oxygens (including phenoxy) is 4. The van der Waals surface area contributed by atoms with Gasteiger partial charge in [-0.15, -0.1) is 5.10 Å². The number of benzene rings is 2. The van der Waals surface area contributed by atoms with Crippen molar-refractivity contribution in [1.29, 1.82) is 0 Å². The first kappa shape index (κ1) is 19.1. The molecule has 0 unspecified atom stereocenters. The molecule has 0 aliphatic heterocycles. The van der Waals surface area contributed by atoms with E-state index in [1.54, 1.807) is 22.9 Å². The Morgan fingerprint density at radius 2 is 1.64 bits per heavy atom. The molecule has 0 aliphatic rings. The normalized spacial score (nSPS) is 10.4. The van der Waals surface area contributed by atoms with Crippen molar-refractivity contribution in [1.82, 2.24) is 9.78 Å². The van der Waals surface area contributed by atoms with Crippen molar-refractivity contribution >= 4 is 5.97 Å². The average molecular weight is 384 g/mol. The van der Waals surface area contributed by atoms with Gasteiger partial charge in [0, 0.05) is 11.6 Å². The van der Waals surface area contributed by atoms with Crippen LogP contribution < -0.4 is 18.9 Å². The van der Waals surface area contributed by atoms with Crippen LogP contribution in [-0.2, 0) is 4.79 Å². The number of rotatable bonds is 8. The predicted octanol–water partition coefficient (Wildman–Crippen LogP) is 3.03. The fraction of sp³-hybridized carbons (Fsp3) is 0.200. The van der Waals surface area contributed by atoms with Crippen molar-refractivity contribution in [3.05, 3.63) is 48.5 Å². The minimum Gasteiger partial charge on any atom is -0.493 e. The topological polar surface area (TPSA) is 92.0 Å². The summed E-state index contributed by atoms with van der Waals surface area (Å²) in [6, 6.07) is 14.7. The number of aliphatic carboxylic acids is 1. The SMILES string of the molecule is COc1cc(-c2cc(OCC(=O)O)nn2-c2ccccc2)cc(OC)c1OC. The van der Waals surface area contributed by atoms with Crippen LogP contribution >= 0.6 is 0 Å². The van der Waals surface area contributed by atoms with Gasteiger partial charge in [0.15, 0.2) is 18.1 Å². The van der Waals surface area contributed by atoms with E-state index in [0.717, 1.165) is 11.3 Å². The average Bonchev–Trinajstić information content (AvgIpc) is 3.16. The molecule has 146 valence electrons. The lowest BCUT2D eigenvalue weighted by molar-refractivity contribution is -0.139. The molecule has 3 rings (SSSR count). The molecule has 1 heterocycles. The summed E-state index contributed by atoms with van der Waals surface area (Å²) in [7, 11) is 4.61. The molecule has 0 aliphatic carbocycles. The lowest BCUT2D eigenvalue weighted by Gasteiger charge is -2.14. The second-order valence-corrected chi connectivity index (χ2v) is 5.71. The number of para-hydroxylation sites is 1. The monoisotopic (exact) mass is 384 g/mol. The number of nitrogens with zero attached hydrogens (tertiary/aromatic N) is 2. The third-order valence-electron chi connectivity index (χ3n) is 3.99. The molecule has 0 bridgehead atoms. The Labute approximate surface area is 161 Å². The number of carboxylic acid groups (broad SMARTS) is 1. The molecule has 0 fully saturated rings. The van der Waals surface area contributed by atoms with Crippen LogP contribution in [0.5, 0.6) is 23.1 Å². The number of aromatic nitrogens is 2. The molecule has 1 N–H and O–H groups in total. The number of hydrogen-bond acceptors (Lipinski definition) is 6. The lowest BCUT2D eigenvalue weighted by atomic mass is 10.1. The minimum atomic E-state index is -1.08. The molecule has 28 heavy (non-hydrogen) atoms. The fourth-order valence-corrected chi connectivity index (χ4v) is 2.77. The highest BCUT2D eigenvalue weighted by Crippen LogP contribution is 2.42. The van der Waals surface area contributed by atoms with Crippen molar-refractivity contribution < 1.29 is 28.8 Å². The van der Waals surface area contributed by atoms with Gasteiger partial charge in [0.1, 0.15) is 0 Å². The summed E-state index contributed by atoms with van der Waals surface area (Å²) in [5.74, 6) is 0.566. The van der Waals surface area contributed by atoms with E-state index in [0.29, 0.717) is 22.9 Å². The Balaban J connectivity index is 2.15. The highest BCUT2D eigenvalue weighted by molar-refractivity contribution is 5.71. The van der Waals surface area contributed by atoms with Crippen molar-refractivity contribution in [2.45, 2.75) is 0 Å². The van der Waals surface area contributed by atoms with Crippen LogP contribution in [0.3, 0.4) is 0 Å². The third-order valence-corrected chi connectivity index (χ3v) is 3.99. The minimum absolute atomic E-state index is 0.190. The number of hydrogen-bond donors (Lipinski definition) is 1. The molecule has 1 aromatic heterocycles. The van der Waals surface area contributed by atoms with E-state index in [1.807, 2.05) is 30.3 Å². The Bertz CT molecular complexity index is 943. The van der Waals surface area contributed by atoms with Gasteiger partial charge in [-0.3, -0.25) is 0 Å². The Morgan fingerprint density at radius 1 is 1.00 bits per heavy atom. The molecule has 8 heteroatoms. The van der Waals surface area contributed by atoms with Gasteiger partial charge in [-0.05, 0) is 24.3 Å². The molecule has 0 saturated heterocycles. The van der Waals surface area contributed by atoms with Crippen molar-refractivity contribution in [2.24, 2.45) is 0 Å². The molecule has 2 aromatic carbocycles. The first-order valence-electron chi connectivity index (χ1n) is 8.37. The van der Waals surface area contributed by atoms with Crippen LogP contribution in [0.15, 0.2) is 48.5 Å². The molecule has 0 amide bonds. The van der Waals surface area contributed by atoms with Gasteiger partial charge in [0.05, 0.1) is 32.7 Å². The van der Waals surface area contributed by atoms with Gasteiger partial charge < -0.3 is 24.1 Å². The maximum Gasteiger partial charge on any atom is 0.341 e. The summed E-state index contributed by atoms with van der Waals surface area (Å²) in [4.78, 5) is 10.8. The number of methoxy groups -OCH3 is 3. The van der Waals surface area contributed by atoms with Crippen molar-refractivity contribution in [3.8, 4) is 40.1 Å². The van der Waals surface area contributed by atoms with Gasteiger partial charge >= 0.3 is 5.97 Å². The standard InChI is InChI=1S/C20H20N2O6/c1-25-16-9-13(10-17(26-2)20(16)27-3)15-11-18(28-12-19(23)24)21-22(15)14-7-5-4-6-8-14/h4-11H,12H2,1-3H3,(H,23,24). The smallest absolute Gasteiger partial charge is 0.341 e. The van der Waals surface area contributed by atoms with Gasteiger partial charge in [0.2, 0.25) is 11.6 Å². The summed E-state index contributed by atoms with van der Waals surface area (Å²) in [5.41, 5.74) is 2.19. The summed E-state index contributed by atoms with van der Waals surface area (Å²) in [6.45, 7) is -0.486. The molecule has 0 spiro atoms. The second kappa shape index (κ2) is 8.34. The van der Waals surface area contributed by atoms with Crippen LogP contribution in [-0.4, -0.2) is 48.8 Å². The van der Waals surface area contributed by atoms with E-state index in [1.165, 1.54) is 21.3 Å². The number of carbonyl (C=O) groups is 1. The van der Waals surface area contributed by atoms with Crippen molar-refractivity contribution in [3.63, 3.8) is 0 Å². The largest absolute Gasteiger partial charge is 0.493 e. The summed E-state index contributed by atoms with van der Waals surface area (Å²) >= 11 is 0. The predicted molar refractivity (Wildman–Crippen MR) is 102 cm³/mol. The highest BCUT2D eigenvalue weighted by Gasteiger charge is 2.19. The summed E-state index contributed by atoms with van der Waals surface area (Å²) in [6.07, 6.45) is 0. The van der Waals surface area contributed by atoms with E-state index in [-0.39, 0.29) is 5.88 Å². The van der Waals surface area contributed by atoms with Crippen LogP contribution in [0, 0.1) is 0 Å². The Kier molecular flexibility index (Phi) is 5.69. The number of carboxylic acids is 1. The maximum absolute atomic E-state index is 10.8. The quantitative estimate of drug-likeness (QED) is 0.638. The zero-order valence-corrected chi connectivity index (χ0v) is 15.7. The summed E-state index contributed by atoms with van der Waals surface area (Å²) < 4.78 is 23.2. The fourth-order valence-electron chi connectivity index (χ4n) is 2.77. The van der Waals surface area contributed by atoms with E-state index < -0.39 is 12.6 Å². The Hall–Kier alpha value is -3.68. The van der Waals surface area contributed by atoms with Gasteiger partial charge in [-0.25, -0.2) is 9.48 Å². The summed E-state index contributed by atoms with van der Waals surface area (Å²) in [5, 5.41) is 13.3. The molecule has 3 aromatic rings. The van der Waals surface area contributed by atoms with Gasteiger partial charge in [-0.1, -0.05) is 18.2 Å². The molecule has 0 saturated carbocycles. The zero-order valence-electron chi connectivity index (χ0n) is 15.7. The van der Waals surface area contributed by atoms with Gasteiger partial charge in [0.25, 0.3) is 0 Å². The Morgan fingerprint density at radius 3 is 2.18 bits per heavy atom. The molecule has 8 nitrogen and oxygen atoms in total. The van der Waals surface area contributed by atoms with Crippen LogP contribution in [0.1, 0.15) is 0 Å². The van der Waals surface area contributed by atoms with E-state index in [2.05, 4.69) is 5.10 Å². The third kappa shape index (κ3) is 3.85. The van der Waals surface area contributed by atoms with Crippen LogP contribution in [0.4, 0.5) is 0 Å². The van der Waals surface area contributed by atoms with Crippen LogP contribution in [0.25, 0.3) is 16.9 Å². The van der Waals surface area contributed by atoms with Crippen LogP contribution in [0.2, 0.25) is 0 Å². The molecular formula is C20H20N2O6. The first-order valence-corrected chi connectivity index (χ1v) is 8.37. The maximum atomic E-state index is 10.8. The lowest BCUT2D eigenvalue weighted by Crippen LogP contribution is -2.09. The second-order valence-electron chi connectivity index (χ2n) is 5.71. The van der Waals surface area contributed by atoms with Crippen molar-refractivity contribution in [2.75, 3.05) is 27.9 Å². The molecule has 0 atom stereocenters.